The summed E-state index contributed by atoms with van der Waals surface area (Å²) in [5.74, 6) is -2.75. The minimum Gasteiger partial charge on any atom is -0.394 e. The molecule has 32 atom stereocenters. The zero-order valence-corrected chi connectivity index (χ0v) is 72.9. The van der Waals surface area contributed by atoms with Gasteiger partial charge in [-0.15, -0.1) is 0 Å². The summed E-state index contributed by atoms with van der Waals surface area (Å²) in [5, 5.41) is 203. The van der Waals surface area contributed by atoms with E-state index in [1.165, 1.54) is 141 Å². The molecule has 0 saturated carbocycles. The summed E-state index contributed by atoms with van der Waals surface area (Å²) in [4.78, 5) is 51.6. The van der Waals surface area contributed by atoms with Gasteiger partial charge in [0.1, 0.15) is 146 Å². The van der Waals surface area contributed by atoms with Gasteiger partial charge < -0.3 is 165 Å². The number of rotatable bonds is 60. The van der Waals surface area contributed by atoms with Crippen molar-refractivity contribution in [3.8, 4) is 0 Å². The smallest absolute Gasteiger partial charge is 0.220 e. The van der Waals surface area contributed by atoms with E-state index in [0.29, 0.717) is 12.8 Å². The molecular weight excluding hydrogens is 1620 g/mol. The lowest BCUT2D eigenvalue weighted by atomic mass is 9.93. The van der Waals surface area contributed by atoms with Gasteiger partial charge in [-0.2, -0.15) is 0 Å². The normalized spacial score (nSPS) is 34.9. The number of ether oxygens (including phenoxy) is 12. The lowest BCUT2D eigenvalue weighted by Gasteiger charge is -2.50. The van der Waals surface area contributed by atoms with Crippen molar-refractivity contribution in [3.05, 3.63) is 24.3 Å². The average Bonchev–Trinajstić information content (AvgIpc) is 0.954. The standard InChI is InChI=1S/C86H154N4O33/c1-6-8-10-12-14-16-18-20-21-22-23-24-25-26-27-28-29-31-33-35-37-39-41-43-62(100)90-54(55(99)42-40-38-36-34-32-30-19-17-15-13-11-9-7-2)49-112-84-74(109)73(108)77(60(48-95)118-84)120-86-76(111)80(70(105)61(119-86)50-113-81-63(87-51(3)96)71(106)66(101)56(44-91)114-81)123-85-75(110)79(69(104)59(47-94)117-85)122-83-65(89-53(5)98)78(68(103)58(46-93)116-83)121-82-64(88-52(4)97)72(107)67(102)57(45-92)115-82/h20-21,40,42,54-61,63-86,91-95,99,101-111H,6-19,22-39,41,43-50H2,1-5H3,(H,87,96)(H,88,97)(H,89,98)(H,90,100)/b21-20-,42-40+/t54-,55+,56?,57?,58?,59?,60?,61?,63?,64?,65?,66+,67-,68-,69-,70-,71+,72+,73+,74?,75?,76?,77+,78+,79-,80-,81+,82+,83-,84+,85+,86-/m0/s1. The second-order valence-electron chi connectivity index (χ2n) is 33.9. The van der Waals surface area contributed by atoms with Gasteiger partial charge in [-0.1, -0.05) is 205 Å². The fourth-order valence-corrected chi connectivity index (χ4v) is 16.5. The molecule has 37 nitrogen and oxygen atoms in total. The summed E-state index contributed by atoms with van der Waals surface area (Å²) in [6, 6.07) is -6.13. The average molecular weight is 1770 g/mol. The number of aliphatic hydroxyl groups is 17. The van der Waals surface area contributed by atoms with E-state index in [2.05, 4.69) is 47.3 Å². The van der Waals surface area contributed by atoms with Gasteiger partial charge in [-0.3, -0.25) is 19.2 Å². The molecule has 716 valence electrons. The van der Waals surface area contributed by atoms with Crippen molar-refractivity contribution in [2.24, 2.45) is 0 Å². The van der Waals surface area contributed by atoms with E-state index in [1.54, 1.807) is 6.08 Å². The van der Waals surface area contributed by atoms with Crippen molar-refractivity contribution >= 4 is 23.6 Å². The third kappa shape index (κ3) is 35.4. The molecule has 6 rings (SSSR count). The summed E-state index contributed by atoms with van der Waals surface area (Å²) in [7, 11) is 0. The van der Waals surface area contributed by atoms with Crippen LogP contribution in [0.5, 0.6) is 0 Å². The molecule has 0 spiro atoms. The molecule has 37 heteroatoms. The summed E-state index contributed by atoms with van der Waals surface area (Å²) >= 11 is 0. The predicted molar refractivity (Wildman–Crippen MR) is 442 cm³/mol. The highest BCUT2D eigenvalue weighted by atomic mass is 16.8. The Kier molecular flexibility index (Phi) is 52.2. The number of allylic oxidation sites excluding steroid dienone is 3. The van der Waals surface area contributed by atoms with Crippen LogP contribution < -0.4 is 21.3 Å². The highest BCUT2D eigenvalue weighted by Gasteiger charge is 2.58. The molecular formula is C86H154N4O33. The Labute approximate surface area is 724 Å². The Hall–Kier alpha value is -3.80. The lowest BCUT2D eigenvalue weighted by molar-refractivity contribution is -0.391. The SMILES string of the molecule is CCCCCCCC/C=C\CCCCCCCCCCCCCCCC(=O)N[C@@H](CO[C@@H]1OC(CO)[C@@H](O[C@@H]2OC(CO[C@@H]3OC(CO)[C@@H](O)[C@H](O)C3NC(C)=O)[C@H](O)[C@H](O[C@H]3OC(CO)[C@H](O)[C@H](O[C@@H]4OC(CO)[C@H](O)[C@H](O[C@H]5OC(CO)[C@H](O)[C@H](O)C5NC(C)=O)C4NC(C)=O)C3O)C2O)[C@H](O)C1O)[C@H](O)/C=C/CCCCCCCCCCCCC. The van der Waals surface area contributed by atoms with Crippen molar-refractivity contribution in [2.45, 2.75) is 449 Å². The summed E-state index contributed by atoms with van der Waals surface area (Å²) in [5.41, 5.74) is 0. The minimum absolute atomic E-state index is 0.142. The number of carbonyl (C=O) groups is 4. The van der Waals surface area contributed by atoms with Crippen LogP contribution in [0.3, 0.4) is 0 Å². The van der Waals surface area contributed by atoms with Crippen LogP contribution in [0, 0.1) is 0 Å². The monoisotopic (exact) mass is 1770 g/mol. The molecule has 4 amide bonds. The summed E-state index contributed by atoms with van der Waals surface area (Å²) in [6.07, 6.45) is -7.92. The van der Waals surface area contributed by atoms with E-state index in [9.17, 15) is 106 Å². The van der Waals surface area contributed by atoms with Crippen molar-refractivity contribution in [2.75, 3.05) is 46.2 Å². The largest absolute Gasteiger partial charge is 0.394 e. The molecule has 0 aromatic rings. The lowest BCUT2D eigenvalue weighted by Crippen LogP contribution is -2.71. The molecule has 0 aliphatic carbocycles. The number of unbranched alkanes of at least 4 members (excludes halogenated alkanes) is 30. The van der Waals surface area contributed by atoms with Gasteiger partial charge >= 0.3 is 0 Å². The Bertz CT molecular complexity index is 2920. The number of hydrogen-bond acceptors (Lipinski definition) is 33. The first kappa shape index (κ1) is 108. The van der Waals surface area contributed by atoms with Crippen LogP contribution in [0.25, 0.3) is 0 Å². The van der Waals surface area contributed by atoms with Gasteiger partial charge in [0.25, 0.3) is 0 Å². The van der Waals surface area contributed by atoms with Crippen molar-refractivity contribution in [1.29, 1.82) is 0 Å². The zero-order valence-electron chi connectivity index (χ0n) is 72.9. The van der Waals surface area contributed by atoms with Crippen LogP contribution in [0.2, 0.25) is 0 Å². The van der Waals surface area contributed by atoms with Gasteiger partial charge in [-0.05, 0) is 44.9 Å². The molecule has 21 N–H and O–H groups in total. The molecule has 6 fully saturated rings. The maximum atomic E-state index is 13.7. The quantitative estimate of drug-likeness (QED) is 0.0293. The third-order valence-electron chi connectivity index (χ3n) is 23.8. The van der Waals surface area contributed by atoms with Crippen LogP contribution in [0.1, 0.15) is 253 Å². The van der Waals surface area contributed by atoms with Crippen molar-refractivity contribution in [1.82, 2.24) is 21.3 Å². The second-order valence-corrected chi connectivity index (χ2v) is 33.9. The fourth-order valence-electron chi connectivity index (χ4n) is 16.5. The van der Waals surface area contributed by atoms with E-state index in [-0.39, 0.29) is 12.3 Å². The molecule has 6 heterocycles. The summed E-state index contributed by atoms with van der Waals surface area (Å²) in [6.45, 7) is 1.24. The molecule has 6 saturated heterocycles. The molecule has 6 aliphatic rings. The van der Waals surface area contributed by atoms with Crippen molar-refractivity contribution in [3.63, 3.8) is 0 Å². The highest BCUT2D eigenvalue weighted by molar-refractivity contribution is 5.76. The Morgan fingerprint density at radius 2 is 0.659 bits per heavy atom. The van der Waals surface area contributed by atoms with E-state index in [4.69, 9.17) is 56.8 Å². The van der Waals surface area contributed by atoms with Gasteiger partial charge in [-0.25, -0.2) is 0 Å². The third-order valence-corrected chi connectivity index (χ3v) is 23.8. The van der Waals surface area contributed by atoms with Gasteiger partial charge in [0, 0.05) is 27.2 Å². The topological polar surface area (TPSA) is 571 Å². The zero-order chi connectivity index (χ0) is 89.9. The summed E-state index contributed by atoms with van der Waals surface area (Å²) < 4.78 is 72.2. The second kappa shape index (κ2) is 59.5. The maximum absolute atomic E-state index is 13.7. The first-order valence-electron chi connectivity index (χ1n) is 45.6. The molecule has 6 aliphatic heterocycles. The van der Waals surface area contributed by atoms with Crippen LogP contribution in [-0.4, -0.2) is 353 Å². The number of carbonyl (C=O) groups excluding carboxylic acids is 4. The Balaban J connectivity index is 1.15. The van der Waals surface area contributed by atoms with Gasteiger partial charge in [0.05, 0.1) is 58.4 Å². The van der Waals surface area contributed by atoms with Crippen LogP contribution in [-0.2, 0) is 76.0 Å². The number of amides is 4. The molecule has 0 bridgehead atoms. The van der Waals surface area contributed by atoms with Crippen LogP contribution >= 0.6 is 0 Å². The molecule has 0 aromatic heterocycles. The number of hydrogen-bond donors (Lipinski definition) is 21. The number of aliphatic hydroxyl groups excluding tert-OH is 17. The molecule has 123 heavy (non-hydrogen) atoms. The van der Waals surface area contributed by atoms with E-state index < -0.39 is 260 Å². The fraction of sp³-hybridized carbons (Fsp3) is 0.907. The molecule has 0 aromatic carbocycles. The Morgan fingerprint density at radius 3 is 1.11 bits per heavy atom. The van der Waals surface area contributed by atoms with Crippen LogP contribution in [0.15, 0.2) is 24.3 Å². The van der Waals surface area contributed by atoms with Gasteiger partial charge in [0.2, 0.25) is 23.6 Å². The first-order chi connectivity index (χ1) is 59.2. The first-order valence-corrected chi connectivity index (χ1v) is 45.6. The van der Waals surface area contributed by atoms with Gasteiger partial charge in [0.15, 0.2) is 37.7 Å². The highest BCUT2D eigenvalue weighted by Crippen LogP contribution is 2.38. The van der Waals surface area contributed by atoms with E-state index in [0.717, 1.165) is 78.6 Å². The molecule has 0 radical (unpaired) electrons. The van der Waals surface area contributed by atoms with E-state index in [1.807, 2.05) is 6.08 Å². The molecule has 12 unspecified atom stereocenters. The number of nitrogens with one attached hydrogen (secondary N) is 4. The maximum Gasteiger partial charge on any atom is 0.220 e. The van der Waals surface area contributed by atoms with Crippen LogP contribution in [0.4, 0.5) is 0 Å². The predicted octanol–water partition coefficient (Wildman–Crippen LogP) is 0.617. The Morgan fingerprint density at radius 1 is 0.325 bits per heavy atom. The van der Waals surface area contributed by atoms with E-state index >= 15 is 0 Å². The minimum atomic E-state index is -2.36. The van der Waals surface area contributed by atoms with Crippen molar-refractivity contribution < 1.29 is 163 Å².